The molecule has 2 atom stereocenters. The maximum atomic E-state index is 11.6. The molecular weight excluding hydrogens is 336 g/mol. The van der Waals surface area contributed by atoms with Gasteiger partial charge in [0.25, 0.3) is 5.60 Å². The monoisotopic (exact) mass is 356 g/mol. The summed E-state index contributed by atoms with van der Waals surface area (Å²) < 4.78 is 10.1. The summed E-state index contributed by atoms with van der Waals surface area (Å²) in [5.41, 5.74) is -2.36. The van der Waals surface area contributed by atoms with E-state index in [-0.39, 0.29) is 11.1 Å². The van der Waals surface area contributed by atoms with Gasteiger partial charge in [0.05, 0.1) is 18.3 Å². The quantitative estimate of drug-likeness (QED) is 0.432. The largest absolute Gasteiger partial charge is 0.479 e. The molecular formula is C16H20O9. The summed E-state index contributed by atoms with van der Waals surface area (Å²) in [6.45, 7) is 0.936. The number of aliphatic carboxylic acids is 2. The van der Waals surface area contributed by atoms with Gasteiger partial charge in [-0.05, 0) is 24.6 Å². The summed E-state index contributed by atoms with van der Waals surface area (Å²) >= 11 is 0. The standard InChI is InChI=1S/C16H20O9/c1-9(17)12(24-2)8-25-16(14(20)21,15(22)23)7-10-3-5-11(6-4-10)13(18)19/h3-6,9,12,17H,7-8H2,1-2H3,(H,18,19)(H,20,21)(H,22,23)/t9-,12+/m0/s1. The molecule has 1 rings (SSSR count). The van der Waals surface area contributed by atoms with Crippen molar-refractivity contribution in [2.45, 2.75) is 31.2 Å². The summed E-state index contributed by atoms with van der Waals surface area (Å²) in [4.78, 5) is 34.1. The zero-order chi connectivity index (χ0) is 19.2. The molecule has 0 radical (unpaired) electrons. The lowest BCUT2D eigenvalue weighted by molar-refractivity contribution is -0.190. The molecule has 0 saturated heterocycles. The van der Waals surface area contributed by atoms with Gasteiger partial charge in [0.2, 0.25) is 0 Å². The molecule has 0 spiro atoms. The highest BCUT2D eigenvalue weighted by Gasteiger charge is 2.49. The van der Waals surface area contributed by atoms with Crippen LogP contribution in [0.2, 0.25) is 0 Å². The van der Waals surface area contributed by atoms with Gasteiger partial charge >= 0.3 is 17.9 Å². The first-order valence-corrected chi connectivity index (χ1v) is 7.28. The van der Waals surface area contributed by atoms with Gasteiger partial charge in [-0.2, -0.15) is 0 Å². The third kappa shape index (κ3) is 4.99. The van der Waals surface area contributed by atoms with Crippen molar-refractivity contribution >= 4 is 17.9 Å². The summed E-state index contributed by atoms with van der Waals surface area (Å²) in [5, 5.41) is 37.2. The number of aliphatic hydroxyl groups is 1. The maximum absolute atomic E-state index is 11.6. The van der Waals surface area contributed by atoms with Crippen LogP contribution in [-0.4, -0.2) is 69.9 Å². The van der Waals surface area contributed by atoms with Crippen molar-refractivity contribution in [2.75, 3.05) is 13.7 Å². The van der Waals surface area contributed by atoms with Gasteiger partial charge in [-0.3, -0.25) is 0 Å². The van der Waals surface area contributed by atoms with Gasteiger partial charge in [-0.15, -0.1) is 0 Å². The molecule has 0 amide bonds. The molecule has 0 unspecified atom stereocenters. The van der Waals surface area contributed by atoms with Crippen LogP contribution in [0.25, 0.3) is 0 Å². The fraction of sp³-hybridized carbons (Fsp3) is 0.438. The molecule has 4 N–H and O–H groups in total. The molecule has 1 aromatic carbocycles. The fourth-order valence-corrected chi connectivity index (χ4v) is 2.10. The van der Waals surface area contributed by atoms with Crippen molar-refractivity contribution in [1.29, 1.82) is 0 Å². The second-order valence-electron chi connectivity index (χ2n) is 5.44. The molecule has 0 heterocycles. The lowest BCUT2D eigenvalue weighted by atomic mass is 9.93. The van der Waals surface area contributed by atoms with E-state index in [0.29, 0.717) is 0 Å². The van der Waals surface area contributed by atoms with Gasteiger partial charge in [0.15, 0.2) is 0 Å². The number of carboxylic acids is 3. The van der Waals surface area contributed by atoms with E-state index >= 15 is 0 Å². The third-order valence-corrected chi connectivity index (χ3v) is 3.68. The Balaban J connectivity index is 3.08. The highest BCUT2D eigenvalue weighted by atomic mass is 16.6. The normalized spacial score (nSPS) is 13.9. The first-order chi connectivity index (χ1) is 11.6. The number of aliphatic hydroxyl groups excluding tert-OH is 1. The van der Waals surface area contributed by atoms with Crippen molar-refractivity contribution in [3.05, 3.63) is 35.4 Å². The Morgan fingerprint density at radius 1 is 1.08 bits per heavy atom. The van der Waals surface area contributed by atoms with Crippen LogP contribution in [0, 0.1) is 0 Å². The maximum Gasteiger partial charge on any atom is 0.348 e. The van der Waals surface area contributed by atoms with Crippen LogP contribution in [0.3, 0.4) is 0 Å². The highest BCUT2D eigenvalue weighted by Crippen LogP contribution is 2.21. The number of methoxy groups -OCH3 is 1. The van der Waals surface area contributed by atoms with Crippen LogP contribution >= 0.6 is 0 Å². The topological polar surface area (TPSA) is 151 Å². The van der Waals surface area contributed by atoms with Crippen LogP contribution in [0.1, 0.15) is 22.8 Å². The summed E-state index contributed by atoms with van der Waals surface area (Å²) in [7, 11) is 1.27. The molecule has 9 nitrogen and oxygen atoms in total. The summed E-state index contributed by atoms with van der Waals surface area (Å²) in [5.74, 6) is -4.60. The second kappa shape index (κ2) is 8.56. The van der Waals surface area contributed by atoms with E-state index in [9.17, 15) is 29.7 Å². The Labute approximate surface area is 143 Å². The smallest absolute Gasteiger partial charge is 0.348 e. The van der Waals surface area contributed by atoms with Gasteiger partial charge < -0.3 is 29.9 Å². The molecule has 0 aliphatic carbocycles. The number of ether oxygens (including phenoxy) is 2. The van der Waals surface area contributed by atoms with Crippen LogP contribution in [0.4, 0.5) is 0 Å². The lowest BCUT2D eigenvalue weighted by Gasteiger charge is -2.28. The molecule has 25 heavy (non-hydrogen) atoms. The van der Waals surface area contributed by atoms with Crippen molar-refractivity contribution in [2.24, 2.45) is 0 Å². The Morgan fingerprint density at radius 3 is 1.96 bits per heavy atom. The van der Waals surface area contributed by atoms with Crippen molar-refractivity contribution in [1.82, 2.24) is 0 Å². The summed E-state index contributed by atoms with van der Waals surface area (Å²) in [6.07, 6.45) is -2.44. The Morgan fingerprint density at radius 2 is 1.60 bits per heavy atom. The second-order valence-corrected chi connectivity index (χ2v) is 5.44. The molecule has 0 aromatic heterocycles. The average Bonchev–Trinajstić information content (AvgIpc) is 2.53. The molecule has 0 fully saturated rings. The van der Waals surface area contributed by atoms with E-state index in [0.717, 1.165) is 0 Å². The number of aromatic carboxylic acids is 1. The van der Waals surface area contributed by atoms with Gasteiger partial charge in [-0.1, -0.05) is 12.1 Å². The number of hydrogen-bond donors (Lipinski definition) is 4. The molecule has 138 valence electrons. The number of benzene rings is 1. The van der Waals surface area contributed by atoms with Gasteiger partial charge in [0.1, 0.15) is 6.10 Å². The fourth-order valence-electron chi connectivity index (χ4n) is 2.10. The molecule has 0 saturated carbocycles. The number of carboxylic acid groups (broad SMARTS) is 3. The van der Waals surface area contributed by atoms with E-state index in [1.165, 1.54) is 38.3 Å². The number of carbonyl (C=O) groups is 3. The number of hydrogen-bond acceptors (Lipinski definition) is 6. The highest BCUT2D eigenvalue weighted by molar-refractivity contribution is 6.02. The van der Waals surface area contributed by atoms with Crippen molar-refractivity contribution in [3.8, 4) is 0 Å². The average molecular weight is 356 g/mol. The minimum Gasteiger partial charge on any atom is -0.479 e. The van der Waals surface area contributed by atoms with Crippen LogP contribution < -0.4 is 0 Å². The van der Waals surface area contributed by atoms with Crippen molar-refractivity contribution in [3.63, 3.8) is 0 Å². The SMILES string of the molecule is CO[C@H](COC(Cc1ccc(C(=O)O)cc1)(C(=O)O)C(=O)O)[C@H](C)O. The predicted molar refractivity (Wildman–Crippen MR) is 83.5 cm³/mol. The first kappa shape index (κ1) is 20.6. The summed E-state index contributed by atoms with van der Waals surface area (Å²) in [6, 6.07) is 5.10. The number of rotatable bonds is 10. The van der Waals surface area contributed by atoms with Gasteiger partial charge in [0, 0.05) is 13.5 Å². The Hall–Kier alpha value is -2.49. The predicted octanol–water partition coefficient (Wildman–Crippen LogP) is 0.248. The van der Waals surface area contributed by atoms with E-state index in [2.05, 4.69) is 0 Å². The minimum atomic E-state index is -2.60. The lowest BCUT2D eigenvalue weighted by Crippen LogP contribution is -2.53. The van der Waals surface area contributed by atoms with E-state index in [1.54, 1.807) is 0 Å². The Kier molecular flexibility index (Phi) is 7.04. The van der Waals surface area contributed by atoms with E-state index < -0.39 is 48.7 Å². The first-order valence-electron chi connectivity index (χ1n) is 7.28. The molecule has 0 bridgehead atoms. The molecule has 9 heteroatoms. The molecule has 1 aromatic rings. The van der Waals surface area contributed by atoms with Gasteiger partial charge in [-0.25, -0.2) is 14.4 Å². The molecule has 0 aliphatic rings. The van der Waals surface area contributed by atoms with Crippen LogP contribution in [0.5, 0.6) is 0 Å². The zero-order valence-electron chi connectivity index (χ0n) is 13.7. The zero-order valence-corrected chi connectivity index (χ0v) is 13.7. The Bertz CT molecular complexity index is 607. The van der Waals surface area contributed by atoms with E-state index in [4.69, 9.17) is 14.6 Å². The van der Waals surface area contributed by atoms with E-state index in [1.807, 2.05) is 0 Å². The third-order valence-electron chi connectivity index (χ3n) is 3.68. The molecule has 0 aliphatic heterocycles. The van der Waals surface area contributed by atoms with Crippen LogP contribution in [0.15, 0.2) is 24.3 Å². The minimum absolute atomic E-state index is 0.0190. The van der Waals surface area contributed by atoms with Crippen LogP contribution in [-0.2, 0) is 25.5 Å². The van der Waals surface area contributed by atoms with Crippen molar-refractivity contribution < 1.29 is 44.3 Å².